The SMILES string of the molecule is O=C(CCCCCC(O)CCCCCC(=O)OC1CCCCC1)OC1CCCCC1. The highest BCUT2D eigenvalue weighted by Gasteiger charge is 2.18. The van der Waals surface area contributed by atoms with Gasteiger partial charge in [-0.25, -0.2) is 0 Å². The quantitative estimate of drug-likeness (QED) is 0.273. The van der Waals surface area contributed by atoms with Gasteiger partial charge in [0.25, 0.3) is 0 Å². The Bertz CT molecular complexity index is 424. The minimum atomic E-state index is -0.270. The minimum absolute atomic E-state index is 0.0514. The molecule has 2 aliphatic carbocycles. The molecule has 0 heterocycles. The maximum absolute atomic E-state index is 11.9. The average Bonchev–Trinajstić information content (AvgIpc) is 2.74. The number of carbonyl (C=O) groups is 2. The number of rotatable bonds is 14. The molecule has 0 bridgehead atoms. The van der Waals surface area contributed by atoms with Crippen LogP contribution in [-0.4, -0.2) is 35.4 Å². The predicted molar refractivity (Wildman–Crippen MR) is 118 cm³/mol. The van der Waals surface area contributed by atoms with E-state index in [9.17, 15) is 14.7 Å². The zero-order chi connectivity index (χ0) is 21.4. The van der Waals surface area contributed by atoms with Crippen LogP contribution in [0.25, 0.3) is 0 Å². The normalized spacial score (nSPS) is 18.5. The van der Waals surface area contributed by atoms with Crippen molar-refractivity contribution in [2.24, 2.45) is 0 Å². The topological polar surface area (TPSA) is 72.8 Å². The second-order valence-electron chi connectivity index (χ2n) is 9.35. The predicted octanol–water partition coefficient (Wildman–Crippen LogP) is 6.00. The maximum Gasteiger partial charge on any atom is 0.306 e. The number of ether oxygens (including phenoxy) is 2. The molecule has 5 nitrogen and oxygen atoms in total. The standard InChI is InChI=1S/C25H44O5/c26-21(13-5-1-11-19-24(27)29-22-15-7-3-8-16-22)14-6-2-12-20-25(28)30-23-17-9-4-10-18-23/h21-23,26H,1-20H2. The summed E-state index contributed by atoms with van der Waals surface area (Å²) >= 11 is 0. The fourth-order valence-electron chi connectivity index (χ4n) is 4.65. The lowest BCUT2D eigenvalue weighted by Gasteiger charge is -2.21. The summed E-state index contributed by atoms with van der Waals surface area (Å²) in [6.07, 6.45) is 19.5. The van der Waals surface area contributed by atoms with E-state index in [-0.39, 0.29) is 30.3 Å². The molecule has 0 unspecified atom stereocenters. The summed E-state index contributed by atoms with van der Waals surface area (Å²) < 4.78 is 11.1. The molecule has 2 fully saturated rings. The van der Waals surface area contributed by atoms with Gasteiger partial charge in [0.1, 0.15) is 12.2 Å². The number of unbranched alkanes of at least 4 members (excludes halogenated alkanes) is 4. The molecule has 2 rings (SSSR count). The Balaban J connectivity index is 1.36. The van der Waals surface area contributed by atoms with Crippen molar-refractivity contribution in [1.82, 2.24) is 0 Å². The van der Waals surface area contributed by atoms with Crippen LogP contribution in [-0.2, 0) is 19.1 Å². The van der Waals surface area contributed by atoms with Crippen LogP contribution in [0.15, 0.2) is 0 Å². The van der Waals surface area contributed by atoms with Crippen molar-refractivity contribution in [3.05, 3.63) is 0 Å². The second-order valence-corrected chi connectivity index (χ2v) is 9.35. The number of aliphatic hydroxyl groups is 1. The van der Waals surface area contributed by atoms with Gasteiger partial charge < -0.3 is 14.6 Å². The van der Waals surface area contributed by atoms with E-state index >= 15 is 0 Å². The summed E-state index contributed by atoms with van der Waals surface area (Å²) in [4.78, 5) is 23.7. The summed E-state index contributed by atoms with van der Waals surface area (Å²) in [6.45, 7) is 0. The molecule has 0 atom stereocenters. The van der Waals surface area contributed by atoms with Gasteiger partial charge in [-0.3, -0.25) is 9.59 Å². The van der Waals surface area contributed by atoms with Gasteiger partial charge in [0, 0.05) is 12.8 Å². The number of hydrogen-bond acceptors (Lipinski definition) is 5. The third-order valence-corrected chi connectivity index (χ3v) is 6.54. The molecule has 0 radical (unpaired) electrons. The number of aliphatic hydroxyl groups excluding tert-OH is 1. The molecule has 0 saturated heterocycles. The van der Waals surface area contributed by atoms with Gasteiger partial charge in [0.2, 0.25) is 0 Å². The van der Waals surface area contributed by atoms with E-state index in [4.69, 9.17) is 9.47 Å². The Labute approximate surface area is 183 Å². The molecule has 0 amide bonds. The molecule has 2 saturated carbocycles. The highest BCUT2D eigenvalue weighted by Crippen LogP contribution is 2.22. The van der Waals surface area contributed by atoms with Crippen LogP contribution in [0.1, 0.15) is 128 Å². The maximum atomic E-state index is 11.9. The summed E-state index contributed by atoms with van der Waals surface area (Å²) in [5, 5.41) is 10.1. The van der Waals surface area contributed by atoms with Crippen molar-refractivity contribution < 1.29 is 24.2 Å². The van der Waals surface area contributed by atoms with Crippen LogP contribution in [0.4, 0.5) is 0 Å². The molecule has 0 spiro atoms. The molecular formula is C25H44O5. The van der Waals surface area contributed by atoms with Gasteiger partial charge in [-0.15, -0.1) is 0 Å². The Kier molecular flexibility index (Phi) is 13.1. The monoisotopic (exact) mass is 424 g/mol. The van der Waals surface area contributed by atoms with Crippen molar-refractivity contribution >= 4 is 11.9 Å². The Morgan fingerprint density at radius 1 is 0.633 bits per heavy atom. The van der Waals surface area contributed by atoms with Gasteiger partial charge in [-0.05, 0) is 77.0 Å². The summed E-state index contributed by atoms with van der Waals surface area (Å²) in [5.74, 6) is -0.103. The van der Waals surface area contributed by atoms with Crippen molar-refractivity contribution in [1.29, 1.82) is 0 Å². The first kappa shape index (κ1) is 25.2. The molecule has 0 aliphatic heterocycles. The summed E-state index contributed by atoms with van der Waals surface area (Å²) in [5.41, 5.74) is 0. The van der Waals surface area contributed by atoms with Crippen molar-refractivity contribution in [3.63, 3.8) is 0 Å². The Morgan fingerprint density at radius 2 is 1.03 bits per heavy atom. The summed E-state index contributed by atoms with van der Waals surface area (Å²) in [7, 11) is 0. The van der Waals surface area contributed by atoms with Crippen LogP contribution >= 0.6 is 0 Å². The highest BCUT2D eigenvalue weighted by molar-refractivity contribution is 5.69. The smallest absolute Gasteiger partial charge is 0.306 e. The number of carbonyl (C=O) groups excluding carboxylic acids is 2. The van der Waals surface area contributed by atoms with E-state index in [0.29, 0.717) is 12.8 Å². The van der Waals surface area contributed by atoms with Crippen molar-refractivity contribution in [2.45, 2.75) is 147 Å². The van der Waals surface area contributed by atoms with Gasteiger partial charge in [0.15, 0.2) is 0 Å². The number of hydrogen-bond donors (Lipinski definition) is 1. The molecular weight excluding hydrogens is 380 g/mol. The van der Waals surface area contributed by atoms with Gasteiger partial charge in [-0.2, -0.15) is 0 Å². The van der Waals surface area contributed by atoms with Crippen LogP contribution in [0.3, 0.4) is 0 Å². The van der Waals surface area contributed by atoms with E-state index in [0.717, 1.165) is 77.0 Å². The molecule has 0 aromatic carbocycles. The van der Waals surface area contributed by atoms with Crippen LogP contribution in [0.2, 0.25) is 0 Å². The number of esters is 2. The first-order valence-electron chi connectivity index (χ1n) is 12.7. The molecule has 30 heavy (non-hydrogen) atoms. The van der Waals surface area contributed by atoms with E-state index in [1.165, 1.54) is 38.5 Å². The molecule has 2 aliphatic rings. The third-order valence-electron chi connectivity index (χ3n) is 6.54. The minimum Gasteiger partial charge on any atom is -0.462 e. The van der Waals surface area contributed by atoms with Gasteiger partial charge in [-0.1, -0.05) is 38.5 Å². The van der Waals surface area contributed by atoms with Crippen LogP contribution in [0.5, 0.6) is 0 Å². The van der Waals surface area contributed by atoms with Crippen LogP contribution in [0, 0.1) is 0 Å². The molecule has 0 aromatic heterocycles. The second kappa shape index (κ2) is 15.7. The fourth-order valence-corrected chi connectivity index (χ4v) is 4.65. The Hall–Kier alpha value is -1.10. The van der Waals surface area contributed by atoms with Gasteiger partial charge in [0.05, 0.1) is 6.10 Å². The molecule has 0 aromatic rings. The van der Waals surface area contributed by atoms with E-state index in [1.54, 1.807) is 0 Å². The largest absolute Gasteiger partial charge is 0.462 e. The lowest BCUT2D eigenvalue weighted by molar-refractivity contribution is -0.151. The zero-order valence-corrected chi connectivity index (χ0v) is 19.0. The molecule has 1 N–H and O–H groups in total. The molecule has 5 heteroatoms. The Morgan fingerprint density at radius 3 is 1.43 bits per heavy atom. The molecule has 174 valence electrons. The van der Waals surface area contributed by atoms with E-state index in [1.807, 2.05) is 0 Å². The van der Waals surface area contributed by atoms with Crippen LogP contribution < -0.4 is 0 Å². The summed E-state index contributed by atoms with van der Waals surface area (Å²) in [6, 6.07) is 0. The first-order valence-corrected chi connectivity index (χ1v) is 12.7. The fraction of sp³-hybridized carbons (Fsp3) is 0.920. The van der Waals surface area contributed by atoms with Crippen molar-refractivity contribution in [2.75, 3.05) is 0 Å². The van der Waals surface area contributed by atoms with Gasteiger partial charge >= 0.3 is 11.9 Å². The lowest BCUT2D eigenvalue weighted by Crippen LogP contribution is -2.20. The zero-order valence-electron chi connectivity index (χ0n) is 19.0. The van der Waals surface area contributed by atoms with E-state index in [2.05, 4.69) is 0 Å². The first-order chi connectivity index (χ1) is 14.6. The van der Waals surface area contributed by atoms with E-state index < -0.39 is 0 Å². The highest BCUT2D eigenvalue weighted by atomic mass is 16.5. The average molecular weight is 425 g/mol. The van der Waals surface area contributed by atoms with Crippen molar-refractivity contribution in [3.8, 4) is 0 Å². The third kappa shape index (κ3) is 11.9. The lowest BCUT2D eigenvalue weighted by atomic mass is 9.98.